The van der Waals surface area contributed by atoms with Gasteiger partial charge in [0, 0.05) is 25.0 Å². The molecule has 0 aromatic heterocycles. The molecule has 0 saturated carbocycles. The van der Waals surface area contributed by atoms with Crippen LogP contribution < -0.4 is 10.2 Å². The molecule has 2 aromatic carbocycles. The van der Waals surface area contributed by atoms with Crippen molar-refractivity contribution < 1.29 is 4.79 Å². The predicted octanol–water partition coefficient (Wildman–Crippen LogP) is 3.24. The van der Waals surface area contributed by atoms with Gasteiger partial charge in [-0.1, -0.05) is 24.3 Å². The molecule has 0 fully saturated rings. The van der Waals surface area contributed by atoms with Crippen molar-refractivity contribution in [2.75, 3.05) is 23.8 Å². The van der Waals surface area contributed by atoms with Gasteiger partial charge in [-0.2, -0.15) is 0 Å². The first kappa shape index (κ1) is 12.7. The fraction of sp³-hybridized carbons (Fsp3) is 0.235. The summed E-state index contributed by atoms with van der Waals surface area (Å²) in [6.07, 6.45) is 0.933. The van der Waals surface area contributed by atoms with E-state index in [1.54, 1.807) is 0 Å². The third kappa shape index (κ3) is 2.05. The first-order valence-corrected chi connectivity index (χ1v) is 6.89. The number of fused-ring (bicyclic) bond motifs is 1. The Morgan fingerprint density at radius 1 is 1.20 bits per heavy atom. The van der Waals surface area contributed by atoms with Gasteiger partial charge >= 0.3 is 0 Å². The van der Waals surface area contributed by atoms with Gasteiger partial charge in [-0.3, -0.25) is 4.79 Å². The van der Waals surface area contributed by atoms with E-state index in [9.17, 15) is 4.79 Å². The number of carbonyl (C=O) groups is 1. The number of anilines is 2. The van der Waals surface area contributed by atoms with Crippen molar-refractivity contribution in [1.29, 1.82) is 0 Å². The number of benzene rings is 2. The highest BCUT2D eigenvalue weighted by molar-refractivity contribution is 6.10. The van der Waals surface area contributed by atoms with Crippen LogP contribution in [0.5, 0.6) is 0 Å². The Bertz CT molecular complexity index is 664. The number of nitrogens with one attached hydrogen (secondary N) is 1. The van der Waals surface area contributed by atoms with Gasteiger partial charge in [-0.15, -0.1) is 0 Å². The van der Waals surface area contributed by atoms with Crippen LogP contribution in [0.4, 0.5) is 11.4 Å². The van der Waals surface area contributed by atoms with E-state index >= 15 is 0 Å². The van der Waals surface area contributed by atoms with Crippen LogP contribution in [-0.2, 0) is 6.42 Å². The van der Waals surface area contributed by atoms with Crippen LogP contribution in [-0.4, -0.2) is 19.5 Å². The normalized spacial score (nSPS) is 13.2. The van der Waals surface area contributed by atoms with Crippen LogP contribution in [0, 0.1) is 6.92 Å². The first-order chi connectivity index (χ1) is 9.70. The van der Waals surface area contributed by atoms with E-state index in [0.717, 1.165) is 35.5 Å². The number of aryl methyl sites for hydroxylation is 1. The second-order valence-corrected chi connectivity index (χ2v) is 5.13. The molecule has 1 N–H and O–H groups in total. The van der Waals surface area contributed by atoms with Gasteiger partial charge in [0.2, 0.25) is 0 Å². The molecule has 0 aliphatic carbocycles. The van der Waals surface area contributed by atoms with Crippen molar-refractivity contribution in [3.05, 3.63) is 59.2 Å². The average molecular weight is 266 g/mol. The minimum Gasteiger partial charge on any atom is -0.387 e. The Labute approximate surface area is 119 Å². The maximum atomic E-state index is 12.8. The zero-order chi connectivity index (χ0) is 14.1. The molecule has 0 saturated heterocycles. The summed E-state index contributed by atoms with van der Waals surface area (Å²) in [6, 6.07) is 14.0. The summed E-state index contributed by atoms with van der Waals surface area (Å²) in [5.74, 6) is 0.0688. The quantitative estimate of drug-likeness (QED) is 0.905. The summed E-state index contributed by atoms with van der Waals surface area (Å²) >= 11 is 0. The summed E-state index contributed by atoms with van der Waals surface area (Å²) < 4.78 is 0. The number of hydrogen-bond acceptors (Lipinski definition) is 2. The lowest BCUT2D eigenvalue weighted by atomic mass is 10.1. The zero-order valence-corrected chi connectivity index (χ0v) is 11.8. The monoisotopic (exact) mass is 266 g/mol. The van der Waals surface area contributed by atoms with Gasteiger partial charge in [0.15, 0.2) is 0 Å². The van der Waals surface area contributed by atoms with Crippen molar-refractivity contribution in [3.63, 3.8) is 0 Å². The van der Waals surface area contributed by atoms with E-state index in [1.807, 2.05) is 55.3 Å². The minimum atomic E-state index is 0.0688. The molecule has 2 aromatic rings. The number of para-hydroxylation sites is 1. The number of rotatable bonds is 2. The predicted molar refractivity (Wildman–Crippen MR) is 82.5 cm³/mol. The maximum Gasteiger partial charge on any atom is 0.260 e. The molecule has 1 aliphatic heterocycles. The fourth-order valence-electron chi connectivity index (χ4n) is 2.75. The van der Waals surface area contributed by atoms with Crippen LogP contribution in [0.25, 0.3) is 0 Å². The molecule has 0 atom stereocenters. The van der Waals surface area contributed by atoms with Gasteiger partial charge in [0.25, 0.3) is 5.91 Å². The molecule has 1 amide bonds. The molecule has 0 spiro atoms. The van der Waals surface area contributed by atoms with Crippen molar-refractivity contribution >= 4 is 17.3 Å². The lowest BCUT2D eigenvalue weighted by Crippen LogP contribution is -2.29. The van der Waals surface area contributed by atoms with Crippen LogP contribution >= 0.6 is 0 Å². The molecule has 0 bridgehead atoms. The van der Waals surface area contributed by atoms with Crippen molar-refractivity contribution in [2.45, 2.75) is 13.3 Å². The molecule has 20 heavy (non-hydrogen) atoms. The highest BCUT2D eigenvalue weighted by Gasteiger charge is 2.26. The largest absolute Gasteiger partial charge is 0.387 e. The van der Waals surface area contributed by atoms with Gasteiger partial charge in [-0.05, 0) is 42.7 Å². The Kier molecular flexibility index (Phi) is 3.18. The standard InChI is InChI=1S/C17H18N2O/c1-12-7-8-14(15(11-12)18-2)17(20)19-10-9-13-5-3-4-6-16(13)19/h3-8,11,18H,9-10H2,1-2H3. The van der Waals surface area contributed by atoms with E-state index < -0.39 is 0 Å². The Hall–Kier alpha value is -2.29. The highest BCUT2D eigenvalue weighted by Crippen LogP contribution is 2.30. The molecule has 3 rings (SSSR count). The molecular formula is C17H18N2O. The van der Waals surface area contributed by atoms with Crippen molar-refractivity contribution in [1.82, 2.24) is 0 Å². The number of hydrogen-bond donors (Lipinski definition) is 1. The molecule has 0 radical (unpaired) electrons. The molecule has 102 valence electrons. The SMILES string of the molecule is CNc1cc(C)ccc1C(=O)N1CCc2ccccc21. The maximum absolute atomic E-state index is 12.8. The van der Waals surface area contributed by atoms with Crippen molar-refractivity contribution in [2.24, 2.45) is 0 Å². The van der Waals surface area contributed by atoms with Crippen LogP contribution in [0.15, 0.2) is 42.5 Å². The summed E-state index contributed by atoms with van der Waals surface area (Å²) in [4.78, 5) is 14.7. The van der Waals surface area contributed by atoms with E-state index in [4.69, 9.17) is 0 Å². The number of carbonyl (C=O) groups excluding carboxylic acids is 1. The second-order valence-electron chi connectivity index (χ2n) is 5.13. The Balaban J connectivity index is 1.99. The summed E-state index contributed by atoms with van der Waals surface area (Å²) in [5, 5.41) is 3.12. The molecular weight excluding hydrogens is 248 g/mol. The third-order valence-electron chi connectivity index (χ3n) is 3.81. The zero-order valence-electron chi connectivity index (χ0n) is 11.8. The molecule has 3 nitrogen and oxygen atoms in total. The van der Waals surface area contributed by atoms with Gasteiger partial charge < -0.3 is 10.2 Å². The van der Waals surface area contributed by atoms with Gasteiger partial charge in [0.1, 0.15) is 0 Å². The smallest absolute Gasteiger partial charge is 0.260 e. The summed E-state index contributed by atoms with van der Waals surface area (Å²) in [7, 11) is 1.85. The number of nitrogens with zero attached hydrogens (tertiary/aromatic N) is 1. The lowest BCUT2D eigenvalue weighted by Gasteiger charge is -2.19. The third-order valence-corrected chi connectivity index (χ3v) is 3.81. The fourth-order valence-corrected chi connectivity index (χ4v) is 2.75. The van der Waals surface area contributed by atoms with Crippen LogP contribution in [0.1, 0.15) is 21.5 Å². The van der Waals surface area contributed by atoms with Crippen LogP contribution in [0.3, 0.4) is 0 Å². The Morgan fingerprint density at radius 3 is 2.80 bits per heavy atom. The second kappa shape index (κ2) is 5.00. The first-order valence-electron chi connectivity index (χ1n) is 6.89. The lowest BCUT2D eigenvalue weighted by molar-refractivity contribution is 0.0990. The molecule has 0 unspecified atom stereocenters. The number of amides is 1. The highest BCUT2D eigenvalue weighted by atomic mass is 16.2. The molecule has 1 heterocycles. The minimum absolute atomic E-state index is 0.0688. The summed E-state index contributed by atoms with van der Waals surface area (Å²) in [6.45, 7) is 2.79. The topological polar surface area (TPSA) is 32.3 Å². The van der Waals surface area contributed by atoms with E-state index in [0.29, 0.717) is 0 Å². The average Bonchev–Trinajstić information content (AvgIpc) is 2.90. The van der Waals surface area contributed by atoms with Gasteiger partial charge in [-0.25, -0.2) is 0 Å². The van der Waals surface area contributed by atoms with E-state index in [1.165, 1.54) is 5.56 Å². The van der Waals surface area contributed by atoms with Crippen LogP contribution in [0.2, 0.25) is 0 Å². The molecule has 3 heteroatoms. The van der Waals surface area contributed by atoms with Crippen molar-refractivity contribution in [3.8, 4) is 0 Å². The van der Waals surface area contributed by atoms with E-state index in [2.05, 4.69) is 11.4 Å². The Morgan fingerprint density at radius 2 is 2.00 bits per heavy atom. The molecule has 1 aliphatic rings. The summed E-state index contributed by atoms with van der Waals surface area (Å²) in [5.41, 5.74) is 5.06. The van der Waals surface area contributed by atoms with E-state index in [-0.39, 0.29) is 5.91 Å². The van der Waals surface area contributed by atoms with Gasteiger partial charge in [0.05, 0.1) is 5.56 Å².